The summed E-state index contributed by atoms with van der Waals surface area (Å²) < 4.78 is 0. The van der Waals surface area contributed by atoms with E-state index in [4.69, 9.17) is 11.6 Å². The van der Waals surface area contributed by atoms with Crippen molar-refractivity contribution >= 4 is 11.6 Å². The van der Waals surface area contributed by atoms with Crippen molar-refractivity contribution in [2.75, 3.05) is 0 Å². The minimum absolute atomic E-state index is 0.743. The largest absolute Gasteiger partial charge is 0.256 e. The van der Waals surface area contributed by atoms with Gasteiger partial charge in [-0.15, -0.1) is 0 Å². The predicted octanol–water partition coefficient (Wildman–Crippen LogP) is 3.71. The fourth-order valence-corrected chi connectivity index (χ4v) is 1.61. The minimum Gasteiger partial charge on any atom is -0.256 e. The number of halogens is 1. The van der Waals surface area contributed by atoms with Crippen molar-refractivity contribution < 1.29 is 0 Å². The average molecular weight is 204 g/mol. The summed E-state index contributed by atoms with van der Waals surface area (Å²) in [7, 11) is 0. The molecule has 1 nitrogen and oxygen atoms in total. The van der Waals surface area contributed by atoms with Gasteiger partial charge in [-0.05, 0) is 30.7 Å². The van der Waals surface area contributed by atoms with Gasteiger partial charge in [0, 0.05) is 16.8 Å². The molecule has 0 fully saturated rings. The number of benzene rings is 1. The van der Waals surface area contributed by atoms with Crippen molar-refractivity contribution in [3.05, 3.63) is 53.2 Å². The summed E-state index contributed by atoms with van der Waals surface area (Å²) in [6.07, 6.45) is 1.79. The van der Waals surface area contributed by atoms with E-state index in [2.05, 4.69) is 4.98 Å². The highest BCUT2D eigenvalue weighted by atomic mass is 35.5. The molecule has 0 aliphatic carbocycles. The monoisotopic (exact) mass is 203 g/mol. The normalized spacial score (nSPS) is 10.1. The second-order valence-electron chi connectivity index (χ2n) is 3.18. The Kier molecular flexibility index (Phi) is 2.51. The van der Waals surface area contributed by atoms with E-state index in [1.54, 1.807) is 6.20 Å². The predicted molar refractivity (Wildman–Crippen MR) is 59.4 cm³/mol. The number of hydrogen-bond donors (Lipinski definition) is 0. The molecule has 1 heterocycles. The minimum atomic E-state index is 0.743. The Morgan fingerprint density at radius 2 is 2.00 bits per heavy atom. The highest BCUT2D eigenvalue weighted by Crippen LogP contribution is 2.23. The van der Waals surface area contributed by atoms with Gasteiger partial charge >= 0.3 is 0 Å². The average Bonchev–Trinajstić information content (AvgIpc) is 2.18. The van der Waals surface area contributed by atoms with Crippen LogP contribution in [0.1, 0.15) is 5.56 Å². The summed E-state index contributed by atoms with van der Waals surface area (Å²) in [6, 6.07) is 11.7. The highest BCUT2D eigenvalue weighted by Gasteiger charge is 2.01. The molecule has 1 aromatic carbocycles. The number of aryl methyl sites for hydroxylation is 1. The zero-order chi connectivity index (χ0) is 9.97. The Balaban J connectivity index is 2.55. The summed E-state index contributed by atoms with van der Waals surface area (Å²) in [4.78, 5) is 4.33. The SMILES string of the molecule is Cc1cccnc1-c1cccc(Cl)c1. The van der Waals surface area contributed by atoms with Crippen LogP contribution in [0.15, 0.2) is 42.6 Å². The Labute approximate surface area is 88.4 Å². The molecular formula is C12H10ClN. The summed E-state index contributed by atoms with van der Waals surface area (Å²) >= 11 is 5.92. The standard InChI is InChI=1S/C12H10ClN/c1-9-4-3-7-14-12(9)10-5-2-6-11(13)8-10/h2-8H,1H3. The second kappa shape index (κ2) is 3.81. The molecule has 2 aromatic rings. The van der Waals surface area contributed by atoms with Gasteiger partial charge in [-0.2, -0.15) is 0 Å². The van der Waals surface area contributed by atoms with Crippen molar-refractivity contribution in [3.8, 4) is 11.3 Å². The maximum absolute atomic E-state index is 5.92. The molecule has 0 aliphatic heterocycles. The third kappa shape index (κ3) is 1.78. The molecule has 2 rings (SSSR count). The van der Waals surface area contributed by atoms with E-state index in [0.717, 1.165) is 21.8 Å². The van der Waals surface area contributed by atoms with Gasteiger partial charge in [0.1, 0.15) is 0 Å². The summed E-state index contributed by atoms with van der Waals surface area (Å²) in [6.45, 7) is 2.04. The van der Waals surface area contributed by atoms with Gasteiger partial charge < -0.3 is 0 Å². The lowest BCUT2D eigenvalue weighted by Crippen LogP contribution is -1.86. The number of nitrogens with zero attached hydrogens (tertiary/aromatic N) is 1. The molecule has 0 unspecified atom stereocenters. The third-order valence-corrected chi connectivity index (χ3v) is 2.34. The van der Waals surface area contributed by atoms with E-state index >= 15 is 0 Å². The Hall–Kier alpha value is -1.34. The first-order valence-corrected chi connectivity index (χ1v) is 4.83. The highest BCUT2D eigenvalue weighted by molar-refractivity contribution is 6.30. The van der Waals surface area contributed by atoms with Crippen molar-refractivity contribution in [1.29, 1.82) is 0 Å². The molecule has 0 bridgehead atoms. The van der Waals surface area contributed by atoms with E-state index in [9.17, 15) is 0 Å². The lowest BCUT2D eigenvalue weighted by Gasteiger charge is -2.04. The molecular weight excluding hydrogens is 194 g/mol. The van der Waals surface area contributed by atoms with Crippen molar-refractivity contribution in [1.82, 2.24) is 4.98 Å². The molecule has 14 heavy (non-hydrogen) atoms. The molecule has 1 aromatic heterocycles. The number of hydrogen-bond acceptors (Lipinski definition) is 1. The molecule has 0 radical (unpaired) electrons. The van der Waals surface area contributed by atoms with Gasteiger partial charge in [0.2, 0.25) is 0 Å². The van der Waals surface area contributed by atoms with Crippen LogP contribution >= 0.6 is 11.6 Å². The van der Waals surface area contributed by atoms with Crippen LogP contribution in [-0.4, -0.2) is 4.98 Å². The summed E-state index contributed by atoms with van der Waals surface area (Å²) in [5.74, 6) is 0. The van der Waals surface area contributed by atoms with Gasteiger partial charge in [-0.25, -0.2) is 0 Å². The van der Waals surface area contributed by atoms with Gasteiger partial charge in [0.05, 0.1) is 5.69 Å². The fraction of sp³-hybridized carbons (Fsp3) is 0.0833. The molecule has 0 N–H and O–H groups in total. The first-order chi connectivity index (χ1) is 6.77. The van der Waals surface area contributed by atoms with Crippen molar-refractivity contribution in [2.45, 2.75) is 6.92 Å². The number of rotatable bonds is 1. The Morgan fingerprint density at radius 3 is 2.71 bits per heavy atom. The van der Waals surface area contributed by atoms with Crippen LogP contribution < -0.4 is 0 Å². The Morgan fingerprint density at radius 1 is 1.14 bits per heavy atom. The van der Waals surface area contributed by atoms with Crippen molar-refractivity contribution in [3.63, 3.8) is 0 Å². The van der Waals surface area contributed by atoms with Crippen LogP contribution in [0.2, 0.25) is 5.02 Å². The second-order valence-corrected chi connectivity index (χ2v) is 3.62. The molecule has 0 aliphatic rings. The molecule has 0 amide bonds. The first kappa shape index (κ1) is 9.22. The van der Waals surface area contributed by atoms with Crippen LogP contribution in [0.4, 0.5) is 0 Å². The Bertz CT molecular complexity index is 452. The molecule has 2 heteroatoms. The van der Waals surface area contributed by atoms with Crippen LogP contribution in [0.3, 0.4) is 0 Å². The quantitative estimate of drug-likeness (QED) is 0.689. The fourth-order valence-electron chi connectivity index (χ4n) is 1.42. The zero-order valence-corrected chi connectivity index (χ0v) is 8.62. The third-order valence-electron chi connectivity index (χ3n) is 2.11. The van der Waals surface area contributed by atoms with E-state index < -0.39 is 0 Å². The van der Waals surface area contributed by atoms with Crippen LogP contribution in [0.25, 0.3) is 11.3 Å². The zero-order valence-electron chi connectivity index (χ0n) is 7.87. The topological polar surface area (TPSA) is 12.9 Å². The molecule has 70 valence electrons. The van der Waals surface area contributed by atoms with Crippen LogP contribution in [0.5, 0.6) is 0 Å². The lowest BCUT2D eigenvalue weighted by molar-refractivity contribution is 1.27. The molecule has 0 saturated carbocycles. The maximum Gasteiger partial charge on any atom is 0.0731 e. The smallest absolute Gasteiger partial charge is 0.0731 e. The van der Waals surface area contributed by atoms with Gasteiger partial charge in [0.15, 0.2) is 0 Å². The molecule has 0 spiro atoms. The van der Waals surface area contributed by atoms with E-state index in [0.29, 0.717) is 0 Å². The van der Waals surface area contributed by atoms with Crippen molar-refractivity contribution in [2.24, 2.45) is 0 Å². The summed E-state index contributed by atoms with van der Waals surface area (Å²) in [5, 5.41) is 0.743. The van der Waals surface area contributed by atoms with Gasteiger partial charge in [0.25, 0.3) is 0 Å². The lowest BCUT2D eigenvalue weighted by atomic mass is 10.1. The van der Waals surface area contributed by atoms with E-state index in [1.165, 1.54) is 0 Å². The molecule has 0 saturated heterocycles. The van der Waals surface area contributed by atoms with E-state index in [1.807, 2.05) is 43.3 Å². The van der Waals surface area contributed by atoms with E-state index in [-0.39, 0.29) is 0 Å². The maximum atomic E-state index is 5.92. The van der Waals surface area contributed by atoms with Crippen LogP contribution in [0, 0.1) is 6.92 Å². The van der Waals surface area contributed by atoms with Gasteiger partial charge in [-0.1, -0.05) is 29.8 Å². The van der Waals surface area contributed by atoms with Gasteiger partial charge in [-0.3, -0.25) is 4.98 Å². The number of pyridine rings is 1. The molecule has 0 atom stereocenters. The summed E-state index contributed by atoms with van der Waals surface area (Å²) in [5.41, 5.74) is 3.22. The van der Waals surface area contributed by atoms with Crippen LogP contribution in [-0.2, 0) is 0 Å². The number of aromatic nitrogens is 1. The first-order valence-electron chi connectivity index (χ1n) is 4.45.